The van der Waals surface area contributed by atoms with Crippen LogP contribution >= 0.6 is 0 Å². The van der Waals surface area contributed by atoms with Gasteiger partial charge in [-0.1, -0.05) is 6.07 Å². The van der Waals surface area contributed by atoms with E-state index >= 15 is 0 Å². The summed E-state index contributed by atoms with van der Waals surface area (Å²) in [5, 5.41) is 0. The quantitative estimate of drug-likeness (QED) is 0.902. The summed E-state index contributed by atoms with van der Waals surface area (Å²) in [5.74, 6) is 1.81. The topological polar surface area (TPSA) is 82.5 Å². The lowest BCUT2D eigenvalue weighted by atomic mass is 10.3. The Kier molecular flexibility index (Phi) is 3.92. The van der Waals surface area contributed by atoms with E-state index in [1.54, 1.807) is 24.3 Å². The van der Waals surface area contributed by atoms with Gasteiger partial charge in [-0.15, -0.1) is 0 Å². The van der Waals surface area contributed by atoms with Crippen molar-refractivity contribution >= 4 is 9.84 Å². The van der Waals surface area contributed by atoms with Crippen molar-refractivity contribution in [3.63, 3.8) is 0 Å². The maximum atomic E-state index is 11.4. The van der Waals surface area contributed by atoms with Crippen LogP contribution in [0, 0.1) is 0 Å². The molecule has 0 saturated carbocycles. The Bertz CT molecular complexity index is 661. The predicted octanol–water partition coefficient (Wildman–Crippen LogP) is 1.72. The minimum atomic E-state index is -3.23. The first kappa shape index (κ1) is 13.6. The fourth-order valence-electron chi connectivity index (χ4n) is 1.56. The molecule has 0 saturated heterocycles. The molecule has 6 heteroatoms. The summed E-state index contributed by atoms with van der Waals surface area (Å²) in [4.78, 5) is 0.229. The highest BCUT2D eigenvalue weighted by Crippen LogP contribution is 2.19. The van der Waals surface area contributed by atoms with Crippen LogP contribution in [-0.4, -0.2) is 14.7 Å². The van der Waals surface area contributed by atoms with Gasteiger partial charge in [0.25, 0.3) is 0 Å². The lowest BCUT2D eigenvalue weighted by molar-refractivity contribution is 0.265. The third-order valence-corrected chi connectivity index (χ3v) is 3.64. The van der Waals surface area contributed by atoms with Crippen LogP contribution in [0.2, 0.25) is 0 Å². The molecule has 1 aromatic heterocycles. The van der Waals surface area contributed by atoms with Crippen molar-refractivity contribution in [1.29, 1.82) is 0 Å². The van der Waals surface area contributed by atoms with E-state index in [1.165, 1.54) is 12.1 Å². The molecule has 0 aliphatic heterocycles. The van der Waals surface area contributed by atoms with Crippen LogP contribution in [0.15, 0.2) is 45.7 Å². The molecule has 0 aliphatic carbocycles. The average molecular weight is 281 g/mol. The summed E-state index contributed by atoms with van der Waals surface area (Å²) in [6, 6.07) is 9.92. The number of hydrogen-bond acceptors (Lipinski definition) is 5. The molecule has 0 atom stereocenters. The Hall–Kier alpha value is -1.79. The van der Waals surface area contributed by atoms with Gasteiger partial charge in [0.2, 0.25) is 0 Å². The highest BCUT2D eigenvalue weighted by atomic mass is 32.2. The predicted molar refractivity (Wildman–Crippen MR) is 70.5 cm³/mol. The largest absolute Gasteiger partial charge is 0.486 e. The van der Waals surface area contributed by atoms with Crippen LogP contribution in [0.5, 0.6) is 5.75 Å². The summed E-state index contributed by atoms with van der Waals surface area (Å²) in [6.07, 6.45) is 1.16. The average Bonchev–Trinajstić information content (AvgIpc) is 2.84. The zero-order valence-electron chi connectivity index (χ0n) is 10.5. The lowest BCUT2D eigenvalue weighted by Gasteiger charge is -2.05. The van der Waals surface area contributed by atoms with Crippen LogP contribution in [-0.2, 0) is 23.0 Å². The van der Waals surface area contributed by atoms with Gasteiger partial charge in [0, 0.05) is 6.26 Å². The Morgan fingerprint density at radius 2 is 1.95 bits per heavy atom. The number of nitrogens with two attached hydrogens (primary N) is 1. The minimum Gasteiger partial charge on any atom is -0.486 e. The summed E-state index contributed by atoms with van der Waals surface area (Å²) in [7, 11) is -3.23. The Morgan fingerprint density at radius 1 is 1.21 bits per heavy atom. The van der Waals surface area contributed by atoms with E-state index in [-0.39, 0.29) is 11.5 Å². The highest BCUT2D eigenvalue weighted by molar-refractivity contribution is 7.90. The summed E-state index contributed by atoms with van der Waals surface area (Å²) < 4.78 is 33.7. The molecule has 0 aliphatic rings. The van der Waals surface area contributed by atoms with Crippen molar-refractivity contribution in [3.8, 4) is 5.75 Å². The molecule has 2 aromatic rings. The molecule has 1 heterocycles. The van der Waals surface area contributed by atoms with Gasteiger partial charge in [0.05, 0.1) is 11.4 Å². The van der Waals surface area contributed by atoms with Gasteiger partial charge in [-0.3, -0.25) is 0 Å². The van der Waals surface area contributed by atoms with E-state index in [1.807, 2.05) is 0 Å². The first-order valence-electron chi connectivity index (χ1n) is 5.69. The van der Waals surface area contributed by atoms with Gasteiger partial charge in [-0.25, -0.2) is 8.42 Å². The monoisotopic (exact) mass is 281 g/mol. The molecule has 0 radical (unpaired) electrons. The van der Waals surface area contributed by atoms with Crippen molar-refractivity contribution < 1.29 is 17.6 Å². The molecule has 5 nitrogen and oxygen atoms in total. The second-order valence-corrected chi connectivity index (χ2v) is 6.12. The molecule has 0 amide bonds. The van der Waals surface area contributed by atoms with Gasteiger partial charge in [0.15, 0.2) is 9.84 Å². The molecular formula is C13H15NO4S. The number of furan rings is 1. The zero-order chi connectivity index (χ0) is 13.9. The van der Waals surface area contributed by atoms with Crippen molar-refractivity contribution in [2.45, 2.75) is 18.0 Å². The van der Waals surface area contributed by atoms with Gasteiger partial charge in [0.1, 0.15) is 23.9 Å². The fourth-order valence-corrected chi connectivity index (χ4v) is 2.21. The highest BCUT2D eigenvalue weighted by Gasteiger charge is 2.08. The molecule has 1 aromatic carbocycles. The normalized spacial score (nSPS) is 11.5. The molecule has 0 spiro atoms. The molecule has 102 valence electrons. The number of ether oxygens (including phenoxy) is 1. The molecule has 0 bridgehead atoms. The Labute approximate surface area is 111 Å². The molecule has 19 heavy (non-hydrogen) atoms. The number of sulfone groups is 1. The zero-order valence-corrected chi connectivity index (χ0v) is 11.3. The SMILES string of the molecule is CS(=O)(=O)c1cccc(OCc2ccc(CN)o2)c1. The maximum Gasteiger partial charge on any atom is 0.175 e. The molecule has 0 fully saturated rings. The number of benzene rings is 1. The third-order valence-electron chi connectivity index (χ3n) is 2.53. The lowest BCUT2D eigenvalue weighted by Crippen LogP contribution is -1.99. The molecule has 2 rings (SSSR count). The van der Waals surface area contributed by atoms with Crippen molar-refractivity contribution in [2.75, 3.05) is 6.26 Å². The van der Waals surface area contributed by atoms with Crippen LogP contribution < -0.4 is 10.5 Å². The summed E-state index contributed by atoms with van der Waals surface area (Å²) in [6.45, 7) is 0.566. The van der Waals surface area contributed by atoms with E-state index in [4.69, 9.17) is 14.9 Å². The van der Waals surface area contributed by atoms with Crippen molar-refractivity contribution in [3.05, 3.63) is 47.9 Å². The molecular weight excluding hydrogens is 266 g/mol. The fraction of sp³-hybridized carbons (Fsp3) is 0.231. The van der Waals surface area contributed by atoms with Gasteiger partial charge >= 0.3 is 0 Å². The van der Waals surface area contributed by atoms with Gasteiger partial charge < -0.3 is 14.9 Å². The first-order chi connectivity index (χ1) is 8.99. The van der Waals surface area contributed by atoms with Crippen LogP contribution in [0.25, 0.3) is 0 Å². The van der Waals surface area contributed by atoms with E-state index in [0.717, 1.165) is 6.26 Å². The van der Waals surface area contributed by atoms with Crippen LogP contribution in [0.1, 0.15) is 11.5 Å². The van der Waals surface area contributed by atoms with Crippen molar-refractivity contribution in [1.82, 2.24) is 0 Å². The van der Waals surface area contributed by atoms with E-state index in [2.05, 4.69) is 0 Å². The minimum absolute atomic E-state index is 0.229. The van der Waals surface area contributed by atoms with E-state index in [0.29, 0.717) is 23.8 Å². The van der Waals surface area contributed by atoms with Crippen LogP contribution in [0.3, 0.4) is 0 Å². The van der Waals surface area contributed by atoms with E-state index in [9.17, 15) is 8.42 Å². The first-order valence-corrected chi connectivity index (χ1v) is 7.59. The molecule has 2 N–H and O–H groups in total. The standard InChI is InChI=1S/C13H15NO4S/c1-19(15,16)13-4-2-3-10(7-13)17-9-12-6-5-11(8-14)18-12/h2-7H,8-9,14H2,1H3. The van der Waals surface area contributed by atoms with Gasteiger partial charge in [-0.05, 0) is 30.3 Å². The summed E-state index contributed by atoms with van der Waals surface area (Å²) >= 11 is 0. The number of rotatable bonds is 5. The van der Waals surface area contributed by atoms with Crippen molar-refractivity contribution in [2.24, 2.45) is 5.73 Å². The van der Waals surface area contributed by atoms with E-state index < -0.39 is 9.84 Å². The third kappa shape index (κ3) is 3.59. The smallest absolute Gasteiger partial charge is 0.175 e. The number of hydrogen-bond donors (Lipinski definition) is 1. The second-order valence-electron chi connectivity index (χ2n) is 4.11. The second kappa shape index (κ2) is 5.46. The Morgan fingerprint density at radius 3 is 2.58 bits per heavy atom. The summed E-state index contributed by atoms with van der Waals surface area (Å²) in [5.41, 5.74) is 5.44. The maximum absolute atomic E-state index is 11.4. The van der Waals surface area contributed by atoms with Gasteiger partial charge in [-0.2, -0.15) is 0 Å². The van der Waals surface area contributed by atoms with Crippen LogP contribution in [0.4, 0.5) is 0 Å². The molecule has 0 unspecified atom stereocenters. The Balaban J connectivity index is 2.07.